The lowest BCUT2D eigenvalue weighted by Crippen LogP contribution is -2.40. The van der Waals surface area contributed by atoms with Crippen molar-refractivity contribution >= 4 is 16.0 Å². The first kappa shape index (κ1) is 33.2. The molecular weight excluding hydrogens is 500 g/mol. The van der Waals surface area contributed by atoms with Gasteiger partial charge in [0.05, 0.1) is 38.2 Å². The monoisotopic (exact) mass is 556 g/mol. The van der Waals surface area contributed by atoms with E-state index in [1.807, 2.05) is 31.3 Å². The highest BCUT2D eigenvalue weighted by Gasteiger charge is 2.45. The van der Waals surface area contributed by atoms with Crippen molar-refractivity contribution in [2.45, 2.75) is 83.1 Å². The molecule has 0 aliphatic carbocycles. The highest BCUT2D eigenvalue weighted by atomic mass is 32.3. The Morgan fingerprint density at radius 3 is 2.18 bits per heavy atom. The van der Waals surface area contributed by atoms with Gasteiger partial charge in [0.1, 0.15) is 12.4 Å². The van der Waals surface area contributed by atoms with Crippen LogP contribution >= 0.6 is 10.3 Å². The molecule has 1 aromatic carbocycles. The van der Waals surface area contributed by atoms with Gasteiger partial charge in [-0.15, -0.1) is 10.3 Å². The molecule has 0 amide bonds. The maximum absolute atomic E-state index is 11.9. The van der Waals surface area contributed by atoms with E-state index in [9.17, 15) is 9.66 Å². The first-order chi connectivity index (χ1) is 18.2. The smallest absolute Gasteiger partial charge is 0.143 e. The van der Waals surface area contributed by atoms with E-state index in [2.05, 4.69) is 32.2 Å². The quantitative estimate of drug-likeness (QED) is 0.188. The number of rotatable bonds is 19. The first-order valence-electron chi connectivity index (χ1n) is 14.7. The molecular formula is C30H56N2O5S. The van der Waals surface area contributed by atoms with Crippen LogP contribution < -0.4 is 15.0 Å². The molecule has 0 saturated heterocycles. The number of anilines is 1. The number of ether oxygens (including phenoxy) is 3. The van der Waals surface area contributed by atoms with Crippen LogP contribution in [0.15, 0.2) is 17.0 Å². The Kier molecular flexibility index (Phi) is 14.8. The molecule has 8 heteroatoms. The van der Waals surface area contributed by atoms with Crippen molar-refractivity contribution in [1.82, 2.24) is 5.32 Å². The standard InChI is InChI=1S/C30H56N2O5S/c1-7-10-12-30(13-11-8-2)24-38(6,34)28-23-27(26(32(4)5)21-25(28)22-29(30)33)37-20-19-36-18-17-35-16-15-31-14-9-3/h21,23,29,31,33-34H,7-20,22,24H2,1-6H3/t29-/m0/s1. The summed E-state index contributed by atoms with van der Waals surface area (Å²) in [6, 6.07) is 4.15. The normalized spacial score (nSPS) is 22.4. The zero-order valence-corrected chi connectivity index (χ0v) is 25.8. The fourth-order valence-corrected chi connectivity index (χ4v) is 8.25. The average Bonchev–Trinajstić information content (AvgIpc) is 2.96. The second-order valence-electron chi connectivity index (χ2n) is 11.1. The Hall–Kier alpha value is -1.03. The van der Waals surface area contributed by atoms with E-state index in [-0.39, 0.29) is 5.41 Å². The minimum absolute atomic E-state index is 0.245. The summed E-state index contributed by atoms with van der Waals surface area (Å²) >= 11 is 0. The minimum atomic E-state index is -2.11. The molecule has 222 valence electrons. The van der Waals surface area contributed by atoms with Crippen LogP contribution in [0.4, 0.5) is 5.69 Å². The van der Waals surface area contributed by atoms with Gasteiger partial charge in [0.25, 0.3) is 0 Å². The van der Waals surface area contributed by atoms with E-state index in [0.717, 1.165) is 79.9 Å². The molecule has 1 aliphatic heterocycles. The molecule has 1 unspecified atom stereocenters. The summed E-state index contributed by atoms with van der Waals surface area (Å²) in [6.45, 7) is 11.1. The number of unbranched alkanes of at least 4 members (excludes halogenated alkanes) is 2. The number of hydrogen-bond acceptors (Lipinski definition) is 7. The predicted molar refractivity (Wildman–Crippen MR) is 162 cm³/mol. The van der Waals surface area contributed by atoms with Gasteiger partial charge in [-0.2, -0.15) is 0 Å². The fraction of sp³-hybridized carbons (Fsp3) is 0.800. The molecule has 0 aromatic heterocycles. The van der Waals surface area contributed by atoms with Gasteiger partial charge >= 0.3 is 0 Å². The summed E-state index contributed by atoms with van der Waals surface area (Å²) in [5.41, 5.74) is 1.76. The molecule has 3 N–H and O–H groups in total. The van der Waals surface area contributed by atoms with Crippen LogP contribution in [0, 0.1) is 5.41 Å². The van der Waals surface area contributed by atoms with Crippen molar-refractivity contribution in [3.05, 3.63) is 17.7 Å². The van der Waals surface area contributed by atoms with Crippen LogP contribution in [0.2, 0.25) is 0 Å². The third-order valence-corrected chi connectivity index (χ3v) is 10.0. The number of hydrogen-bond donors (Lipinski definition) is 3. The maximum atomic E-state index is 11.9. The average molecular weight is 557 g/mol. The number of benzene rings is 1. The number of fused-ring (bicyclic) bond motifs is 1. The van der Waals surface area contributed by atoms with Crippen molar-refractivity contribution < 1.29 is 23.9 Å². The Morgan fingerprint density at radius 1 is 0.947 bits per heavy atom. The lowest BCUT2D eigenvalue weighted by atomic mass is 9.73. The Balaban J connectivity index is 2.08. The topological polar surface area (TPSA) is 83.4 Å². The first-order valence-corrected chi connectivity index (χ1v) is 16.9. The predicted octanol–water partition coefficient (Wildman–Crippen LogP) is 5.71. The van der Waals surface area contributed by atoms with E-state index in [0.29, 0.717) is 45.2 Å². The van der Waals surface area contributed by atoms with Crippen molar-refractivity contribution in [1.29, 1.82) is 0 Å². The van der Waals surface area contributed by atoms with Gasteiger partial charge in [0, 0.05) is 43.1 Å². The van der Waals surface area contributed by atoms with Crippen LogP contribution in [0.5, 0.6) is 5.75 Å². The Bertz CT molecular complexity index is 797. The molecule has 7 nitrogen and oxygen atoms in total. The number of nitrogens with one attached hydrogen (secondary N) is 1. The van der Waals surface area contributed by atoms with Crippen LogP contribution in [0.25, 0.3) is 0 Å². The molecule has 1 heterocycles. The lowest BCUT2D eigenvalue weighted by molar-refractivity contribution is 0.0249. The molecule has 2 rings (SSSR count). The second-order valence-corrected chi connectivity index (χ2v) is 13.9. The van der Waals surface area contributed by atoms with Gasteiger partial charge < -0.3 is 34.1 Å². The zero-order chi connectivity index (χ0) is 28.0. The molecule has 0 bridgehead atoms. The van der Waals surface area contributed by atoms with Crippen molar-refractivity contribution in [2.75, 3.05) is 77.1 Å². The Labute approximate surface area is 234 Å². The number of aliphatic hydroxyl groups is 1. The van der Waals surface area contributed by atoms with Gasteiger partial charge in [-0.05, 0) is 49.8 Å². The van der Waals surface area contributed by atoms with E-state index in [1.54, 1.807) is 0 Å². The third-order valence-electron chi connectivity index (χ3n) is 7.55. The summed E-state index contributed by atoms with van der Waals surface area (Å²) in [5, 5.41) is 14.9. The lowest BCUT2D eigenvalue weighted by Gasteiger charge is -2.43. The SMILES string of the molecule is CCCCC1(CCCC)CS(C)(O)c2cc(OCCOCCOCCNCCC)c(N(C)C)cc2C[C@@H]1O. The highest BCUT2D eigenvalue weighted by Crippen LogP contribution is 2.60. The molecule has 0 saturated carbocycles. The molecule has 38 heavy (non-hydrogen) atoms. The molecule has 1 aliphatic rings. The minimum Gasteiger partial charge on any atom is -0.489 e. The van der Waals surface area contributed by atoms with Gasteiger partial charge in [0.2, 0.25) is 0 Å². The molecule has 1 aromatic rings. The largest absolute Gasteiger partial charge is 0.489 e. The molecule has 0 fully saturated rings. The van der Waals surface area contributed by atoms with Gasteiger partial charge in [-0.25, -0.2) is 0 Å². The van der Waals surface area contributed by atoms with Gasteiger partial charge in [-0.1, -0.05) is 46.5 Å². The fourth-order valence-electron chi connectivity index (χ4n) is 5.42. The van der Waals surface area contributed by atoms with E-state index < -0.39 is 16.4 Å². The summed E-state index contributed by atoms with van der Waals surface area (Å²) in [4.78, 5) is 3.00. The summed E-state index contributed by atoms with van der Waals surface area (Å²) < 4.78 is 29.4. The molecule has 0 spiro atoms. The van der Waals surface area contributed by atoms with Crippen molar-refractivity contribution in [3.63, 3.8) is 0 Å². The van der Waals surface area contributed by atoms with Crippen molar-refractivity contribution in [2.24, 2.45) is 5.41 Å². The third kappa shape index (κ3) is 9.86. The van der Waals surface area contributed by atoms with Crippen molar-refractivity contribution in [3.8, 4) is 5.75 Å². The molecule has 2 atom stereocenters. The van der Waals surface area contributed by atoms with Crippen LogP contribution in [0.1, 0.15) is 71.3 Å². The summed E-state index contributed by atoms with van der Waals surface area (Å²) in [6.07, 6.45) is 9.50. The van der Waals surface area contributed by atoms with Crippen LogP contribution in [-0.4, -0.2) is 88.0 Å². The second kappa shape index (κ2) is 16.9. The van der Waals surface area contributed by atoms with Crippen LogP contribution in [0.3, 0.4) is 0 Å². The summed E-state index contributed by atoms with van der Waals surface area (Å²) in [7, 11) is 1.89. The van der Waals surface area contributed by atoms with Crippen LogP contribution in [-0.2, 0) is 15.9 Å². The van der Waals surface area contributed by atoms with E-state index >= 15 is 0 Å². The Morgan fingerprint density at radius 2 is 1.58 bits per heavy atom. The van der Waals surface area contributed by atoms with E-state index in [4.69, 9.17) is 14.2 Å². The molecule has 0 radical (unpaired) electrons. The van der Waals surface area contributed by atoms with Gasteiger partial charge in [-0.3, -0.25) is 0 Å². The summed E-state index contributed by atoms with van der Waals surface area (Å²) in [5.74, 6) is 1.40. The number of aliphatic hydroxyl groups excluding tert-OH is 1. The number of nitrogens with zero attached hydrogens (tertiary/aromatic N) is 1. The zero-order valence-electron chi connectivity index (χ0n) is 25.0. The highest BCUT2D eigenvalue weighted by molar-refractivity contribution is 8.28. The maximum Gasteiger partial charge on any atom is 0.143 e. The van der Waals surface area contributed by atoms with E-state index in [1.165, 1.54) is 0 Å². The van der Waals surface area contributed by atoms with Gasteiger partial charge in [0.15, 0.2) is 0 Å².